The minimum atomic E-state index is -0.168. The number of amides is 1. The van der Waals surface area contributed by atoms with E-state index in [1.165, 1.54) is 11.8 Å². The van der Waals surface area contributed by atoms with Gasteiger partial charge in [-0.25, -0.2) is 0 Å². The topological polar surface area (TPSA) is 104 Å². The molecule has 4 heterocycles. The number of anilines is 1. The van der Waals surface area contributed by atoms with Crippen LogP contribution in [0.2, 0.25) is 0 Å². The van der Waals surface area contributed by atoms with E-state index >= 15 is 0 Å². The molecule has 3 aromatic heterocycles. The van der Waals surface area contributed by atoms with Crippen molar-refractivity contribution >= 4 is 29.0 Å². The van der Waals surface area contributed by atoms with Crippen molar-refractivity contribution in [2.45, 2.75) is 5.16 Å². The van der Waals surface area contributed by atoms with E-state index in [2.05, 4.69) is 25.6 Å². The van der Waals surface area contributed by atoms with Crippen LogP contribution in [0, 0.1) is 0 Å². The molecule has 0 aliphatic carbocycles. The monoisotopic (exact) mass is 420 g/mol. The van der Waals surface area contributed by atoms with Gasteiger partial charge in [-0.05, 0) is 36.4 Å². The minimum Gasteiger partial charge on any atom is -0.486 e. The summed E-state index contributed by atoms with van der Waals surface area (Å²) in [4.78, 5) is 16.4. The summed E-state index contributed by atoms with van der Waals surface area (Å²) in [5, 5.41) is 16.3. The first-order chi connectivity index (χ1) is 14.8. The maximum atomic E-state index is 12.4. The van der Waals surface area contributed by atoms with Gasteiger partial charge in [-0.3, -0.25) is 9.78 Å². The Morgan fingerprint density at radius 3 is 2.73 bits per heavy atom. The Kier molecular flexibility index (Phi) is 4.89. The van der Waals surface area contributed by atoms with Crippen molar-refractivity contribution in [1.82, 2.24) is 24.8 Å². The largest absolute Gasteiger partial charge is 0.486 e. The normalized spacial score (nSPS) is 12.7. The second-order valence-electron chi connectivity index (χ2n) is 6.40. The number of thioether (sulfide) groups is 1. The van der Waals surface area contributed by atoms with Crippen LogP contribution in [0.1, 0.15) is 0 Å². The highest BCUT2D eigenvalue weighted by Crippen LogP contribution is 2.32. The van der Waals surface area contributed by atoms with Crippen molar-refractivity contribution in [3.8, 4) is 22.8 Å². The standard InChI is InChI=1S/C20H16N6O3S/c27-19(22-14-1-3-16-17(11-14)29-10-9-28-16)12-30-20-24-23-18-4-2-15(25-26(18)20)13-5-7-21-8-6-13/h1-8,11H,9-10,12H2,(H,22,27). The van der Waals surface area contributed by atoms with Crippen LogP contribution in [-0.4, -0.2) is 49.7 Å². The second-order valence-corrected chi connectivity index (χ2v) is 7.34. The maximum Gasteiger partial charge on any atom is 0.234 e. The summed E-state index contributed by atoms with van der Waals surface area (Å²) in [6.07, 6.45) is 3.43. The van der Waals surface area contributed by atoms with E-state index < -0.39 is 0 Å². The Balaban J connectivity index is 1.28. The summed E-state index contributed by atoms with van der Waals surface area (Å²) in [5.74, 6) is 1.30. The number of carbonyl (C=O) groups is 1. The zero-order chi connectivity index (χ0) is 20.3. The summed E-state index contributed by atoms with van der Waals surface area (Å²) < 4.78 is 12.7. The van der Waals surface area contributed by atoms with Crippen molar-refractivity contribution in [2.75, 3.05) is 24.3 Å². The van der Waals surface area contributed by atoms with E-state index in [1.54, 1.807) is 35.1 Å². The lowest BCUT2D eigenvalue weighted by atomic mass is 10.2. The third-order valence-corrected chi connectivity index (χ3v) is 5.29. The molecule has 30 heavy (non-hydrogen) atoms. The molecule has 1 aliphatic heterocycles. The fourth-order valence-corrected chi connectivity index (χ4v) is 3.67. The van der Waals surface area contributed by atoms with E-state index in [0.29, 0.717) is 41.2 Å². The van der Waals surface area contributed by atoms with Gasteiger partial charge >= 0.3 is 0 Å². The van der Waals surface area contributed by atoms with Crippen LogP contribution in [0.25, 0.3) is 16.9 Å². The Morgan fingerprint density at radius 1 is 1.03 bits per heavy atom. The SMILES string of the molecule is O=C(CSc1nnc2ccc(-c3ccncc3)nn12)Nc1ccc2c(c1)OCCO2. The fourth-order valence-electron chi connectivity index (χ4n) is 2.98. The second kappa shape index (κ2) is 7.99. The molecule has 1 N–H and O–H groups in total. The number of pyridine rings is 1. The van der Waals surface area contributed by atoms with Gasteiger partial charge in [-0.2, -0.15) is 9.61 Å². The molecule has 0 saturated carbocycles. The molecule has 0 spiro atoms. The van der Waals surface area contributed by atoms with Crippen molar-refractivity contribution in [2.24, 2.45) is 0 Å². The number of nitrogens with one attached hydrogen (secondary N) is 1. The van der Waals surface area contributed by atoms with Crippen molar-refractivity contribution in [3.63, 3.8) is 0 Å². The van der Waals surface area contributed by atoms with Crippen LogP contribution in [0.3, 0.4) is 0 Å². The van der Waals surface area contributed by atoms with E-state index in [4.69, 9.17) is 9.47 Å². The number of benzene rings is 1. The minimum absolute atomic E-state index is 0.163. The van der Waals surface area contributed by atoms with Crippen molar-refractivity contribution in [3.05, 3.63) is 54.9 Å². The number of rotatable bonds is 5. The lowest BCUT2D eigenvalue weighted by Crippen LogP contribution is -2.17. The molecule has 4 aromatic rings. The van der Waals surface area contributed by atoms with Crippen LogP contribution < -0.4 is 14.8 Å². The van der Waals surface area contributed by atoms with E-state index in [9.17, 15) is 4.79 Å². The van der Waals surface area contributed by atoms with Crippen LogP contribution in [0.15, 0.2) is 60.0 Å². The van der Waals surface area contributed by atoms with Crippen LogP contribution in [0.4, 0.5) is 5.69 Å². The lowest BCUT2D eigenvalue weighted by Gasteiger charge is -2.18. The van der Waals surface area contributed by atoms with Gasteiger partial charge in [0.25, 0.3) is 0 Å². The van der Waals surface area contributed by atoms with Gasteiger partial charge in [0.2, 0.25) is 11.1 Å². The van der Waals surface area contributed by atoms with Gasteiger partial charge < -0.3 is 14.8 Å². The van der Waals surface area contributed by atoms with E-state index in [-0.39, 0.29) is 11.7 Å². The predicted molar refractivity (Wildman–Crippen MR) is 111 cm³/mol. The highest BCUT2D eigenvalue weighted by atomic mass is 32.2. The molecule has 0 fully saturated rings. The van der Waals surface area contributed by atoms with Crippen molar-refractivity contribution in [1.29, 1.82) is 0 Å². The molecule has 10 heteroatoms. The summed E-state index contributed by atoms with van der Waals surface area (Å²) in [6.45, 7) is 1.02. The molecule has 0 unspecified atom stereocenters. The van der Waals surface area contributed by atoms with E-state index in [1.807, 2.05) is 24.3 Å². The molecule has 0 saturated heterocycles. The Labute approximate surface area is 175 Å². The highest BCUT2D eigenvalue weighted by molar-refractivity contribution is 7.99. The molecule has 1 aromatic carbocycles. The first-order valence-electron chi connectivity index (χ1n) is 9.21. The molecular formula is C20H16N6O3S. The van der Waals surface area contributed by atoms with Crippen LogP contribution in [-0.2, 0) is 4.79 Å². The smallest absolute Gasteiger partial charge is 0.234 e. The lowest BCUT2D eigenvalue weighted by molar-refractivity contribution is -0.113. The molecule has 9 nitrogen and oxygen atoms in total. The molecule has 0 radical (unpaired) electrons. The number of nitrogens with zero attached hydrogens (tertiary/aromatic N) is 5. The molecule has 5 rings (SSSR count). The molecule has 0 bridgehead atoms. The van der Waals surface area contributed by atoms with Gasteiger partial charge in [0.1, 0.15) is 13.2 Å². The predicted octanol–water partition coefficient (Wildman–Crippen LogP) is 2.69. The summed E-state index contributed by atoms with van der Waals surface area (Å²) in [6, 6.07) is 12.8. The Morgan fingerprint density at radius 2 is 1.87 bits per heavy atom. The zero-order valence-electron chi connectivity index (χ0n) is 15.7. The third kappa shape index (κ3) is 3.77. The third-order valence-electron chi connectivity index (χ3n) is 4.37. The Hall–Kier alpha value is -3.66. The van der Waals surface area contributed by atoms with Crippen LogP contribution >= 0.6 is 11.8 Å². The van der Waals surface area contributed by atoms with Crippen molar-refractivity contribution < 1.29 is 14.3 Å². The number of carbonyl (C=O) groups excluding carboxylic acids is 1. The number of hydrogen-bond donors (Lipinski definition) is 1. The Bertz CT molecular complexity index is 1210. The molecule has 150 valence electrons. The summed E-state index contributed by atoms with van der Waals surface area (Å²) in [7, 11) is 0. The average Bonchev–Trinajstić information content (AvgIpc) is 3.20. The van der Waals surface area contributed by atoms with Gasteiger partial charge in [0.05, 0.1) is 11.4 Å². The number of hydrogen-bond acceptors (Lipinski definition) is 8. The zero-order valence-corrected chi connectivity index (χ0v) is 16.5. The number of aromatic nitrogens is 5. The first kappa shape index (κ1) is 18.4. The summed E-state index contributed by atoms with van der Waals surface area (Å²) >= 11 is 1.26. The van der Waals surface area contributed by atoms with Crippen LogP contribution in [0.5, 0.6) is 11.5 Å². The van der Waals surface area contributed by atoms with Gasteiger partial charge in [0, 0.05) is 29.7 Å². The highest BCUT2D eigenvalue weighted by Gasteiger charge is 2.14. The van der Waals surface area contributed by atoms with Gasteiger partial charge in [0.15, 0.2) is 17.1 Å². The number of ether oxygens (including phenoxy) is 2. The first-order valence-corrected chi connectivity index (χ1v) is 10.2. The fraction of sp³-hybridized carbons (Fsp3) is 0.150. The molecular weight excluding hydrogens is 404 g/mol. The molecule has 0 atom stereocenters. The van der Waals surface area contributed by atoms with Gasteiger partial charge in [-0.1, -0.05) is 11.8 Å². The molecule has 1 amide bonds. The van der Waals surface area contributed by atoms with Gasteiger partial charge in [-0.15, -0.1) is 10.2 Å². The van der Waals surface area contributed by atoms with E-state index in [0.717, 1.165) is 11.3 Å². The molecule has 1 aliphatic rings. The summed E-state index contributed by atoms with van der Waals surface area (Å²) in [5.41, 5.74) is 2.97. The average molecular weight is 420 g/mol. The maximum absolute atomic E-state index is 12.4. The quantitative estimate of drug-likeness (QED) is 0.492. The number of fused-ring (bicyclic) bond motifs is 2.